The van der Waals surface area contributed by atoms with E-state index in [0.717, 1.165) is 12.0 Å². The van der Waals surface area contributed by atoms with Crippen LogP contribution in [0.5, 0.6) is 0 Å². The van der Waals surface area contributed by atoms with Gasteiger partial charge in [-0.1, -0.05) is 49.4 Å². The molecule has 1 N–H and O–H groups in total. The second-order valence-corrected chi connectivity index (χ2v) is 6.67. The molecule has 3 atom stereocenters. The van der Waals surface area contributed by atoms with E-state index in [1.807, 2.05) is 49.4 Å². The van der Waals surface area contributed by atoms with E-state index in [-0.39, 0.29) is 48.6 Å². The van der Waals surface area contributed by atoms with Crippen molar-refractivity contribution in [1.29, 1.82) is 0 Å². The molecule has 1 heterocycles. The highest BCUT2D eigenvalue weighted by atomic mass is 16.2. The zero-order valence-electron chi connectivity index (χ0n) is 14.5. The molecule has 1 saturated heterocycles. The number of benzene rings is 1. The maximum Gasteiger partial charge on any atom is 0.233 e. The molecule has 0 radical (unpaired) electrons. The van der Waals surface area contributed by atoms with Crippen molar-refractivity contribution in [2.24, 2.45) is 11.8 Å². The van der Waals surface area contributed by atoms with Crippen LogP contribution >= 0.6 is 0 Å². The third kappa shape index (κ3) is 3.65. The van der Waals surface area contributed by atoms with Crippen LogP contribution in [0, 0.1) is 11.8 Å². The number of allylic oxidation sites excluding steroid dienone is 2. The highest BCUT2D eigenvalue weighted by Crippen LogP contribution is 2.35. The quantitative estimate of drug-likeness (QED) is 0.639. The first-order chi connectivity index (χ1) is 12.1. The topological polar surface area (TPSA) is 66.5 Å². The summed E-state index contributed by atoms with van der Waals surface area (Å²) >= 11 is 0. The lowest BCUT2D eigenvalue weighted by Crippen LogP contribution is -2.36. The zero-order chi connectivity index (χ0) is 17.8. The van der Waals surface area contributed by atoms with Gasteiger partial charge in [0.15, 0.2) is 0 Å². The van der Waals surface area contributed by atoms with Crippen molar-refractivity contribution < 1.29 is 14.4 Å². The van der Waals surface area contributed by atoms with Gasteiger partial charge in [0.2, 0.25) is 17.7 Å². The van der Waals surface area contributed by atoms with Gasteiger partial charge in [-0.05, 0) is 24.8 Å². The Morgan fingerprint density at radius 1 is 1.12 bits per heavy atom. The van der Waals surface area contributed by atoms with E-state index < -0.39 is 0 Å². The molecule has 0 spiro atoms. The van der Waals surface area contributed by atoms with Crippen LogP contribution in [0.4, 0.5) is 0 Å². The molecule has 25 heavy (non-hydrogen) atoms. The second kappa shape index (κ2) is 7.64. The van der Waals surface area contributed by atoms with E-state index in [1.54, 1.807) is 0 Å². The van der Waals surface area contributed by atoms with Crippen LogP contribution in [-0.2, 0) is 14.4 Å². The van der Waals surface area contributed by atoms with Gasteiger partial charge in [0.05, 0.1) is 17.9 Å². The molecule has 5 nitrogen and oxygen atoms in total. The molecule has 0 bridgehead atoms. The van der Waals surface area contributed by atoms with E-state index in [4.69, 9.17) is 0 Å². The van der Waals surface area contributed by atoms with Crippen LogP contribution < -0.4 is 5.32 Å². The van der Waals surface area contributed by atoms with Gasteiger partial charge in [-0.15, -0.1) is 0 Å². The lowest BCUT2D eigenvalue weighted by atomic mass is 9.85. The lowest BCUT2D eigenvalue weighted by Gasteiger charge is -2.19. The van der Waals surface area contributed by atoms with Gasteiger partial charge in [0.1, 0.15) is 0 Å². The fourth-order valence-corrected chi connectivity index (χ4v) is 3.68. The van der Waals surface area contributed by atoms with Crippen molar-refractivity contribution >= 4 is 17.7 Å². The van der Waals surface area contributed by atoms with E-state index in [0.29, 0.717) is 12.8 Å². The standard InChI is InChI=1S/C20H24N2O3/c1-2-17(14-8-4-3-5-9-14)21-18(23)12-13-22-19(24)15-10-6-7-11-16(15)20(22)25/h3-9,15-17H,2,10-13H2,1H3,(H,21,23)/t15-,16+,17-/m0/s1. The Labute approximate surface area is 148 Å². The number of fused-ring (bicyclic) bond motifs is 1. The maximum absolute atomic E-state index is 12.4. The number of carbonyl (C=O) groups excluding carboxylic acids is 3. The summed E-state index contributed by atoms with van der Waals surface area (Å²) < 4.78 is 0. The summed E-state index contributed by atoms with van der Waals surface area (Å²) in [5, 5.41) is 3.00. The number of nitrogens with one attached hydrogen (secondary N) is 1. The summed E-state index contributed by atoms with van der Waals surface area (Å²) in [5.74, 6) is -0.838. The largest absolute Gasteiger partial charge is 0.349 e. The smallest absolute Gasteiger partial charge is 0.233 e. The third-order valence-electron chi connectivity index (χ3n) is 5.11. The van der Waals surface area contributed by atoms with Crippen LogP contribution in [0.15, 0.2) is 42.5 Å². The van der Waals surface area contributed by atoms with Crippen LogP contribution in [0.3, 0.4) is 0 Å². The lowest BCUT2D eigenvalue weighted by molar-refractivity contribution is -0.140. The fraction of sp³-hybridized carbons (Fsp3) is 0.450. The van der Waals surface area contributed by atoms with Gasteiger partial charge in [-0.25, -0.2) is 0 Å². The Hall–Kier alpha value is -2.43. The van der Waals surface area contributed by atoms with Crippen molar-refractivity contribution in [3.05, 3.63) is 48.0 Å². The number of carbonyl (C=O) groups is 3. The molecule has 2 aliphatic rings. The number of likely N-dealkylation sites (tertiary alicyclic amines) is 1. The number of imide groups is 1. The molecule has 0 saturated carbocycles. The van der Waals surface area contributed by atoms with E-state index in [2.05, 4.69) is 5.32 Å². The highest BCUT2D eigenvalue weighted by molar-refractivity contribution is 6.05. The SMILES string of the molecule is CC[C@H](NC(=O)CCN1C(=O)[C@H]2CC=CC[C@H]2C1=O)c1ccccc1. The number of hydrogen-bond donors (Lipinski definition) is 1. The van der Waals surface area contributed by atoms with Crippen LogP contribution in [0.25, 0.3) is 0 Å². The van der Waals surface area contributed by atoms with Crippen LogP contribution in [-0.4, -0.2) is 29.2 Å². The normalized spacial score (nSPS) is 23.5. The Morgan fingerprint density at radius 2 is 1.72 bits per heavy atom. The van der Waals surface area contributed by atoms with Crippen molar-refractivity contribution in [3.8, 4) is 0 Å². The first kappa shape index (κ1) is 17.4. The first-order valence-electron chi connectivity index (χ1n) is 8.96. The predicted molar refractivity (Wildman–Crippen MR) is 94.3 cm³/mol. The molecule has 3 rings (SSSR count). The third-order valence-corrected chi connectivity index (χ3v) is 5.11. The molecular weight excluding hydrogens is 316 g/mol. The molecule has 1 fully saturated rings. The summed E-state index contributed by atoms with van der Waals surface area (Å²) in [6.07, 6.45) is 6.12. The Bertz CT molecular complexity index is 657. The summed E-state index contributed by atoms with van der Waals surface area (Å²) in [4.78, 5) is 38.4. The van der Waals surface area contributed by atoms with Gasteiger partial charge >= 0.3 is 0 Å². The summed E-state index contributed by atoms with van der Waals surface area (Å²) in [6, 6.07) is 9.75. The molecule has 0 unspecified atom stereocenters. The van der Waals surface area contributed by atoms with Crippen molar-refractivity contribution in [3.63, 3.8) is 0 Å². The summed E-state index contributed by atoms with van der Waals surface area (Å²) in [7, 11) is 0. The van der Waals surface area contributed by atoms with E-state index in [1.165, 1.54) is 4.90 Å². The molecule has 0 aromatic heterocycles. The zero-order valence-corrected chi connectivity index (χ0v) is 14.5. The highest BCUT2D eigenvalue weighted by Gasteiger charge is 2.46. The van der Waals surface area contributed by atoms with Crippen LogP contribution in [0.1, 0.15) is 44.2 Å². The second-order valence-electron chi connectivity index (χ2n) is 6.67. The fourth-order valence-electron chi connectivity index (χ4n) is 3.68. The summed E-state index contributed by atoms with van der Waals surface area (Å²) in [6.45, 7) is 2.19. The minimum Gasteiger partial charge on any atom is -0.349 e. The Balaban J connectivity index is 1.55. The molecular formula is C20H24N2O3. The average molecular weight is 340 g/mol. The van der Waals surface area contributed by atoms with Gasteiger partial charge in [0, 0.05) is 13.0 Å². The minimum atomic E-state index is -0.228. The maximum atomic E-state index is 12.4. The summed E-state index contributed by atoms with van der Waals surface area (Å²) in [5.41, 5.74) is 1.06. The van der Waals surface area contributed by atoms with E-state index >= 15 is 0 Å². The number of hydrogen-bond acceptors (Lipinski definition) is 3. The van der Waals surface area contributed by atoms with Crippen molar-refractivity contribution in [1.82, 2.24) is 10.2 Å². The molecule has 1 aliphatic carbocycles. The van der Waals surface area contributed by atoms with Crippen LogP contribution in [0.2, 0.25) is 0 Å². The predicted octanol–water partition coefficient (Wildman–Crippen LogP) is 2.60. The number of rotatable bonds is 6. The van der Waals surface area contributed by atoms with Gasteiger partial charge in [-0.3, -0.25) is 19.3 Å². The van der Waals surface area contributed by atoms with Gasteiger partial charge in [0.25, 0.3) is 0 Å². The van der Waals surface area contributed by atoms with Gasteiger partial charge < -0.3 is 5.32 Å². The molecule has 1 aromatic carbocycles. The van der Waals surface area contributed by atoms with E-state index in [9.17, 15) is 14.4 Å². The molecule has 5 heteroatoms. The first-order valence-corrected chi connectivity index (χ1v) is 8.96. The Kier molecular flexibility index (Phi) is 5.31. The molecule has 132 valence electrons. The van der Waals surface area contributed by atoms with Crippen molar-refractivity contribution in [2.75, 3.05) is 6.54 Å². The molecule has 1 aliphatic heterocycles. The molecule has 3 amide bonds. The monoisotopic (exact) mass is 340 g/mol. The number of nitrogens with zero attached hydrogens (tertiary/aromatic N) is 1. The van der Waals surface area contributed by atoms with Gasteiger partial charge in [-0.2, -0.15) is 0 Å². The average Bonchev–Trinajstić information content (AvgIpc) is 2.89. The Morgan fingerprint density at radius 3 is 2.28 bits per heavy atom. The van der Waals surface area contributed by atoms with Crippen molar-refractivity contribution in [2.45, 2.75) is 38.6 Å². The minimum absolute atomic E-state index is 0.0505. The molecule has 1 aromatic rings. The number of amides is 3.